The van der Waals surface area contributed by atoms with Crippen molar-refractivity contribution in [2.45, 2.75) is 31.2 Å². The van der Waals surface area contributed by atoms with Crippen molar-refractivity contribution in [2.24, 2.45) is 0 Å². The molecule has 0 aromatic heterocycles. The number of ether oxygens (including phenoxy) is 1. The Labute approximate surface area is 161 Å². The van der Waals surface area contributed by atoms with E-state index in [9.17, 15) is 13.2 Å². The van der Waals surface area contributed by atoms with E-state index in [1.165, 1.54) is 14.0 Å². The average Bonchev–Trinajstić information content (AvgIpc) is 2.88. The predicted molar refractivity (Wildman–Crippen MR) is 104 cm³/mol. The molecule has 0 spiro atoms. The number of halogens is 1. The molecule has 1 amide bonds. The minimum absolute atomic E-state index is 0.00121. The monoisotopic (exact) mass is 438 g/mol. The third-order valence-electron chi connectivity index (χ3n) is 4.30. The SMILES string of the molecule is COc1cccc(NS(=O)(=O)c2cc3c(cc2Br)CC(C)N3C(C)=O)c1. The normalized spacial score (nSPS) is 16.3. The Morgan fingerprint density at radius 2 is 2.04 bits per heavy atom. The molecule has 1 unspecified atom stereocenters. The van der Waals surface area contributed by atoms with Crippen molar-refractivity contribution < 1.29 is 17.9 Å². The van der Waals surface area contributed by atoms with Crippen LogP contribution in [0.1, 0.15) is 19.4 Å². The molecule has 1 N–H and O–H groups in total. The summed E-state index contributed by atoms with van der Waals surface area (Å²) in [6.07, 6.45) is 0.692. The number of rotatable bonds is 4. The zero-order valence-electron chi connectivity index (χ0n) is 14.6. The van der Waals surface area contributed by atoms with Crippen LogP contribution in [0.25, 0.3) is 0 Å². The standard InChI is InChI=1S/C18H19BrN2O4S/c1-11-7-13-8-16(19)18(10-17(13)21(11)12(2)22)26(23,24)20-14-5-4-6-15(9-14)25-3/h4-6,8-11,20H,7H2,1-3H3. The number of nitrogens with zero attached hydrogens (tertiary/aromatic N) is 1. The summed E-state index contributed by atoms with van der Waals surface area (Å²) in [5.41, 5.74) is 1.98. The number of fused-ring (bicyclic) bond motifs is 1. The molecule has 26 heavy (non-hydrogen) atoms. The Hall–Kier alpha value is -2.06. The van der Waals surface area contributed by atoms with Gasteiger partial charge in [0.2, 0.25) is 5.91 Å². The lowest BCUT2D eigenvalue weighted by Crippen LogP contribution is -2.33. The van der Waals surface area contributed by atoms with Gasteiger partial charge in [-0.2, -0.15) is 0 Å². The van der Waals surface area contributed by atoms with E-state index in [0.29, 0.717) is 28.0 Å². The first-order chi connectivity index (χ1) is 12.2. The molecule has 1 heterocycles. The lowest BCUT2D eigenvalue weighted by molar-refractivity contribution is -0.116. The van der Waals surface area contributed by atoms with Gasteiger partial charge in [-0.05, 0) is 59.1 Å². The summed E-state index contributed by atoms with van der Waals surface area (Å²) >= 11 is 3.36. The van der Waals surface area contributed by atoms with Gasteiger partial charge in [-0.15, -0.1) is 0 Å². The van der Waals surface area contributed by atoms with Crippen LogP contribution in [-0.4, -0.2) is 27.5 Å². The fourth-order valence-corrected chi connectivity index (χ4v) is 5.36. The van der Waals surface area contributed by atoms with E-state index in [0.717, 1.165) is 5.56 Å². The molecular weight excluding hydrogens is 420 g/mol. The van der Waals surface area contributed by atoms with Crippen LogP contribution in [0.4, 0.5) is 11.4 Å². The highest BCUT2D eigenvalue weighted by Crippen LogP contribution is 2.38. The Morgan fingerprint density at radius 1 is 1.31 bits per heavy atom. The lowest BCUT2D eigenvalue weighted by Gasteiger charge is -2.21. The van der Waals surface area contributed by atoms with Crippen LogP contribution >= 0.6 is 15.9 Å². The van der Waals surface area contributed by atoms with Crippen LogP contribution < -0.4 is 14.4 Å². The summed E-state index contributed by atoms with van der Waals surface area (Å²) in [7, 11) is -2.33. The number of hydrogen-bond donors (Lipinski definition) is 1. The van der Waals surface area contributed by atoms with Crippen molar-refractivity contribution in [1.29, 1.82) is 0 Å². The first kappa shape index (κ1) is 18.7. The van der Waals surface area contributed by atoms with Crippen molar-refractivity contribution in [3.63, 3.8) is 0 Å². The lowest BCUT2D eigenvalue weighted by atomic mass is 10.1. The van der Waals surface area contributed by atoms with Crippen molar-refractivity contribution in [1.82, 2.24) is 0 Å². The molecule has 0 saturated carbocycles. The molecule has 138 valence electrons. The summed E-state index contributed by atoms with van der Waals surface area (Å²) in [4.78, 5) is 13.7. The zero-order chi connectivity index (χ0) is 19.1. The van der Waals surface area contributed by atoms with E-state index in [-0.39, 0.29) is 16.8 Å². The van der Waals surface area contributed by atoms with Gasteiger partial charge in [0.1, 0.15) is 10.6 Å². The van der Waals surface area contributed by atoms with E-state index in [1.807, 2.05) is 6.92 Å². The number of hydrogen-bond acceptors (Lipinski definition) is 4. The Morgan fingerprint density at radius 3 is 2.69 bits per heavy atom. The molecule has 0 aliphatic carbocycles. The van der Waals surface area contributed by atoms with Gasteiger partial charge in [-0.1, -0.05) is 6.07 Å². The van der Waals surface area contributed by atoms with Crippen molar-refractivity contribution in [3.05, 3.63) is 46.4 Å². The molecule has 0 fully saturated rings. The second-order valence-electron chi connectivity index (χ2n) is 6.19. The summed E-state index contributed by atoms with van der Waals surface area (Å²) in [6, 6.07) is 10.00. The number of anilines is 2. The van der Waals surface area contributed by atoms with Gasteiger partial charge in [-0.25, -0.2) is 8.42 Å². The third-order valence-corrected chi connectivity index (χ3v) is 6.64. The van der Waals surface area contributed by atoms with E-state index in [1.54, 1.807) is 41.3 Å². The highest BCUT2D eigenvalue weighted by atomic mass is 79.9. The van der Waals surface area contributed by atoms with Crippen LogP contribution in [0.15, 0.2) is 45.8 Å². The van der Waals surface area contributed by atoms with Crippen LogP contribution in [0.3, 0.4) is 0 Å². The maximum atomic E-state index is 12.9. The van der Waals surface area contributed by atoms with Crippen molar-refractivity contribution in [3.8, 4) is 5.75 Å². The van der Waals surface area contributed by atoms with Gasteiger partial charge >= 0.3 is 0 Å². The minimum Gasteiger partial charge on any atom is -0.497 e. The topological polar surface area (TPSA) is 75.7 Å². The average molecular weight is 439 g/mol. The van der Waals surface area contributed by atoms with Crippen LogP contribution in [0.5, 0.6) is 5.75 Å². The maximum Gasteiger partial charge on any atom is 0.263 e. The number of carbonyl (C=O) groups is 1. The Bertz CT molecular complexity index is 975. The molecule has 1 aliphatic heterocycles. The molecule has 8 heteroatoms. The summed E-state index contributed by atoms with van der Waals surface area (Å²) in [5.74, 6) is 0.442. The van der Waals surface area contributed by atoms with E-state index >= 15 is 0 Å². The minimum atomic E-state index is -3.85. The van der Waals surface area contributed by atoms with Gasteiger partial charge in [-0.3, -0.25) is 9.52 Å². The van der Waals surface area contributed by atoms with Gasteiger partial charge in [0.15, 0.2) is 0 Å². The number of amides is 1. The maximum absolute atomic E-state index is 12.9. The zero-order valence-corrected chi connectivity index (χ0v) is 17.0. The Kier molecular flexibility index (Phi) is 4.98. The first-order valence-corrected chi connectivity index (χ1v) is 10.3. The summed E-state index contributed by atoms with van der Waals surface area (Å²) < 4.78 is 33.9. The molecule has 2 aromatic rings. The van der Waals surface area contributed by atoms with Crippen molar-refractivity contribution in [2.75, 3.05) is 16.7 Å². The molecule has 6 nitrogen and oxygen atoms in total. The highest BCUT2D eigenvalue weighted by molar-refractivity contribution is 9.10. The highest BCUT2D eigenvalue weighted by Gasteiger charge is 2.32. The van der Waals surface area contributed by atoms with Gasteiger partial charge < -0.3 is 9.64 Å². The number of carbonyl (C=O) groups excluding carboxylic acids is 1. The van der Waals surface area contributed by atoms with Crippen LogP contribution in [0, 0.1) is 0 Å². The number of methoxy groups -OCH3 is 1. The van der Waals surface area contributed by atoms with E-state index in [2.05, 4.69) is 20.7 Å². The molecular formula is C18H19BrN2O4S. The Balaban J connectivity index is 2.02. The van der Waals surface area contributed by atoms with Crippen LogP contribution in [-0.2, 0) is 21.2 Å². The molecule has 3 rings (SSSR count). The first-order valence-electron chi connectivity index (χ1n) is 8.02. The third kappa shape index (κ3) is 3.43. The van der Waals surface area contributed by atoms with Gasteiger partial charge in [0.05, 0.1) is 12.8 Å². The van der Waals surface area contributed by atoms with Crippen molar-refractivity contribution >= 4 is 43.2 Å². The smallest absolute Gasteiger partial charge is 0.263 e. The fourth-order valence-electron chi connectivity index (χ4n) is 3.20. The molecule has 1 atom stereocenters. The molecule has 0 bridgehead atoms. The second kappa shape index (κ2) is 6.92. The number of benzene rings is 2. The predicted octanol–water partition coefficient (Wildman–Crippen LogP) is 3.56. The second-order valence-corrected chi connectivity index (χ2v) is 8.70. The van der Waals surface area contributed by atoms with Gasteiger partial charge in [0.25, 0.3) is 10.0 Å². The number of sulfonamides is 1. The summed E-state index contributed by atoms with van der Waals surface area (Å²) in [6.45, 7) is 3.42. The quantitative estimate of drug-likeness (QED) is 0.791. The van der Waals surface area contributed by atoms with E-state index < -0.39 is 10.0 Å². The number of nitrogens with one attached hydrogen (secondary N) is 1. The molecule has 0 saturated heterocycles. The summed E-state index contributed by atoms with van der Waals surface area (Å²) in [5, 5.41) is 0. The fraction of sp³-hybridized carbons (Fsp3) is 0.278. The van der Waals surface area contributed by atoms with E-state index in [4.69, 9.17) is 4.74 Å². The largest absolute Gasteiger partial charge is 0.497 e. The molecule has 1 aliphatic rings. The molecule has 0 radical (unpaired) electrons. The van der Waals surface area contributed by atoms with Gasteiger partial charge in [0, 0.05) is 29.2 Å². The molecule has 2 aromatic carbocycles. The van der Waals surface area contributed by atoms with Crippen LogP contribution in [0.2, 0.25) is 0 Å².